The van der Waals surface area contributed by atoms with Crippen LogP contribution in [0.4, 0.5) is 0 Å². The molecule has 15 heteroatoms. The molecule has 4 aliphatic rings. The van der Waals surface area contributed by atoms with Crippen LogP contribution in [0.15, 0.2) is 97.6 Å². The molecule has 4 fully saturated rings. The quantitative estimate of drug-likeness (QED) is 0.0302. The summed E-state index contributed by atoms with van der Waals surface area (Å²) in [4.78, 5) is 0. The standard InChI is InChI=1S/C30H44O7Si.C24H28O4.2O.Pt/c1-6-35-38(36-7-2,37-8-3)17-9-10-23-18-25(13-16-29(23)34-22-28-21-33-28)30(4,5)24-11-14-26(15-12-24)31-19-27-20-32-27;1-4-5-17-12-19(8-11-23(17)28-16-22-15-27-22)24(2,3)18-6-9-20(10-7-18)25-13-21-14-26-21;;;/h11-16,18,27-28H,6-10,17,19-22H2,1-5H3;4,6-12,21-22H,1,5,13-16H2,2-3H3;;;. The van der Waals surface area contributed by atoms with Crippen molar-refractivity contribution in [2.75, 3.05) is 72.7 Å². The third-order valence-electron chi connectivity index (χ3n) is 12.4. The van der Waals surface area contributed by atoms with E-state index in [1.165, 1.54) is 27.8 Å². The van der Waals surface area contributed by atoms with E-state index in [1.807, 2.05) is 51.1 Å². The zero-order chi connectivity index (χ0) is 49.3. The second-order valence-corrected chi connectivity index (χ2v) is 21.5. The Hall–Kier alpha value is -3.95. The molecule has 0 spiro atoms. The van der Waals surface area contributed by atoms with E-state index in [0.29, 0.717) is 46.2 Å². The molecule has 0 amide bonds. The van der Waals surface area contributed by atoms with Gasteiger partial charge in [-0.3, -0.25) is 0 Å². The summed E-state index contributed by atoms with van der Waals surface area (Å²) < 4.78 is 80.0. The summed E-state index contributed by atoms with van der Waals surface area (Å²) in [5.74, 6) is 3.59. The van der Waals surface area contributed by atoms with Gasteiger partial charge in [0.15, 0.2) is 0 Å². The van der Waals surface area contributed by atoms with Crippen molar-refractivity contribution in [2.45, 2.75) is 109 Å². The van der Waals surface area contributed by atoms with Crippen molar-refractivity contribution in [3.63, 3.8) is 0 Å². The molecule has 4 saturated heterocycles. The molecule has 4 aliphatic heterocycles. The molecule has 4 atom stereocenters. The van der Waals surface area contributed by atoms with Gasteiger partial charge in [-0.2, -0.15) is 0 Å². The fraction of sp³-hybridized carbons (Fsp3) is 0.519. The third kappa shape index (κ3) is 17.1. The number of rotatable bonds is 28. The van der Waals surface area contributed by atoms with Crippen LogP contribution in [0.3, 0.4) is 0 Å². The molecule has 0 bridgehead atoms. The Bertz CT molecular complexity index is 2210. The molecule has 0 saturated carbocycles. The predicted octanol–water partition coefficient (Wildman–Crippen LogP) is 9.60. The van der Waals surface area contributed by atoms with Gasteiger partial charge in [-0.1, -0.05) is 82.3 Å². The second-order valence-electron chi connectivity index (χ2n) is 18.4. The van der Waals surface area contributed by atoms with E-state index in [9.17, 15) is 0 Å². The van der Waals surface area contributed by atoms with Crippen molar-refractivity contribution in [1.82, 2.24) is 0 Å². The van der Waals surface area contributed by atoms with Gasteiger partial charge in [0.05, 0.1) is 26.4 Å². The first kappa shape index (κ1) is 54.4. The average molecular weight is 1150 g/mol. The van der Waals surface area contributed by atoms with Gasteiger partial charge in [0, 0.05) is 36.7 Å². The maximum absolute atomic E-state index is 8.49. The van der Waals surface area contributed by atoms with Crippen LogP contribution in [-0.2, 0) is 81.2 Å². The molecule has 4 aromatic carbocycles. The summed E-state index contributed by atoms with van der Waals surface area (Å²) in [7, 11) is -2.69. The molecule has 380 valence electrons. The number of benzene rings is 4. The van der Waals surface area contributed by atoms with Gasteiger partial charge in [-0.15, -0.1) is 6.58 Å². The van der Waals surface area contributed by atoms with Gasteiger partial charge >= 0.3 is 34.1 Å². The fourth-order valence-electron chi connectivity index (χ4n) is 7.89. The molecule has 4 aromatic rings. The number of hydrogen-bond acceptors (Lipinski definition) is 13. The minimum absolute atomic E-state index is 0.133. The monoisotopic (exact) mass is 1150 g/mol. The van der Waals surface area contributed by atoms with E-state index in [-0.39, 0.29) is 35.2 Å². The predicted molar refractivity (Wildman–Crippen MR) is 260 cm³/mol. The van der Waals surface area contributed by atoms with Crippen molar-refractivity contribution in [1.29, 1.82) is 0 Å². The zero-order valence-electron chi connectivity index (χ0n) is 41.4. The number of epoxide rings is 4. The van der Waals surface area contributed by atoms with Gasteiger partial charge in [0.2, 0.25) is 0 Å². The van der Waals surface area contributed by atoms with Crippen LogP contribution in [0.2, 0.25) is 6.04 Å². The van der Waals surface area contributed by atoms with Crippen molar-refractivity contribution < 1.29 is 76.5 Å². The van der Waals surface area contributed by atoms with Gasteiger partial charge in [0.1, 0.15) is 73.8 Å². The van der Waals surface area contributed by atoms with Gasteiger partial charge < -0.3 is 51.2 Å². The van der Waals surface area contributed by atoms with Crippen LogP contribution in [0.1, 0.15) is 88.3 Å². The summed E-state index contributed by atoms with van der Waals surface area (Å²) in [5, 5.41) is 0. The SMILES string of the molecule is C=CCc1cc(C(C)(C)c2ccc(OCC3CO3)cc2)ccc1OCC1CO1.CCO[Si](CCCc1cc(C(C)(C)c2ccc(OCC3CO3)cc2)ccc1OCC1CO1)(OCC)OCC.[O]=[Pt]=[O]. The second kappa shape index (κ2) is 26.5. The Balaban J connectivity index is 0.000000223. The normalized spacial score (nSPS) is 19.0. The van der Waals surface area contributed by atoms with Crippen LogP contribution in [-0.4, -0.2) is 106 Å². The van der Waals surface area contributed by atoms with Crippen LogP contribution >= 0.6 is 0 Å². The Morgan fingerprint density at radius 1 is 0.565 bits per heavy atom. The average Bonchev–Trinajstić information content (AvgIpc) is 4.12. The van der Waals surface area contributed by atoms with Gasteiger partial charge in [0.25, 0.3) is 0 Å². The van der Waals surface area contributed by atoms with Crippen molar-refractivity contribution in [3.8, 4) is 23.0 Å². The molecule has 13 nitrogen and oxygen atoms in total. The van der Waals surface area contributed by atoms with E-state index < -0.39 is 27.3 Å². The summed E-state index contributed by atoms with van der Waals surface area (Å²) in [6.07, 6.45) is 5.42. The molecule has 69 heavy (non-hydrogen) atoms. The van der Waals surface area contributed by atoms with E-state index >= 15 is 0 Å². The Labute approximate surface area is 418 Å². The number of ether oxygens (including phenoxy) is 8. The molecule has 0 radical (unpaired) electrons. The van der Waals surface area contributed by atoms with Gasteiger partial charge in [-0.05, 0) is 110 Å². The Kier molecular flexibility index (Phi) is 20.9. The van der Waals surface area contributed by atoms with Crippen molar-refractivity contribution in [3.05, 3.63) is 131 Å². The van der Waals surface area contributed by atoms with Crippen LogP contribution in [0.5, 0.6) is 23.0 Å². The first-order chi connectivity index (χ1) is 33.4. The van der Waals surface area contributed by atoms with E-state index in [0.717, 1.165) is 80.3 Å². The zero-order valence-corrected chi connectivity index (χ0v) is 44.7. The Morgan fingerprint density at radius 3 is 1.28 bits per heavy atom. The summed E-state index contributed by atoms with van der Waals surface area (Å²) in [5.41, 5.74) is 6.99. The van der Waals surface area contributed by atoms with Crippen LogP contribution < -0.4 is 18.9 Å². The minimum atomic E-state index is -2.69. The van der Waals surface area contributed by atoms with E-state index in [1.54, 1.807) is 0 Å². The molecular formula is C54H72O13PtSi. The summed E-state index contributed by atoms with van der Waals surface area (Å²) in [6.45, 7) is 26.3. The first-order valence-corrected chi connectivity index (χ1v) is 28.0. The van der Waals surface area contributed by atoms with E-state index in [2.05, 4.69) is 94.9 Å². The number of hydrogen-bond donors (Lipinski definition) is 0. The molecule has 4 heterocycles. The van der Waals surface area contributed by atoms with Crippen molar-refractivity contribution >= 4 is 8.80 Å². The van der Waals surface area contributed by atoms with Crippen molar-refractivity contribution in [2.24, 2.45) is 0 Å². The van der Waals surface area contributed by atoms with Crippen LogP contribution in [0.25, 0.3) is 0 Å². The maximum atomic E-state index is 8.49. The first-order valence-electron chi connectivity index (χ1n) is 24.2. The van der Waals surface area contributed by atoms with Crippen LogP contribution in [0, 0.1) is 0 Å². The van der Waals surface area contributed by atoms with E-state index in [4.69, 9.17) is 58.0 Å². The summed E-state index contributed by atoms with van der Waals surface area (Å²) in [6, 6.07) is 30.6. The number of allylic oxidation sites excluding steroid dienone is 1. The van der Waals surface area contributed by atoms with Gasteiger partial charge in [-0.25, -0.2) is 0 Å². The molecule has 0 aromatic heterocycles. The Morgan fingerprint density at radius 2 is 0.913 bits per heavy atom. The fourth-order valence-corrected chi connectivity index (χ4v) is 10.5. The summed E-state index contributed by atoms with van der Waals surface area (Å²) >= 11 is -1.92. The third-order valence-corrected chi connectivity index (χ3v) is 15.6. The molecule has 0 N–H and O–H groups in total. The topological polar surface area (TPSA) is 149 Å². The molecule has 8 rings (SSSR count). The molecule has 0 aliphatic carbocycles. The number of aryl methyl sites for hydroxylation is 1. The molecule has 4 unspecified atom stereocenters. The molecular weight excluding hydrogens is 1080 g/mol.